The van der Waals surface area contributed by atoms with Gasteiger partial charge in [0.15, 0.2) is 0 Å². The van der Waals surface area contributed by atoms with Crippen LogP contribution in [-0.2, 0) is 10.5 Å². The molecular weight excluding hydrogens is 454 g/mol. The summed E-state index contributed by atoms with van der Waals surface area (Å²) in [5, 5.41) is 12.4. The average molecular weight is 482 g/mol. The molecule has 0 fully saturated rings. The molecule has 0 saturated heterocycles. The van der Waals surface area contributed by atoms with E-state index in [-0.39, 0.29) is 11.9 Å². The van der Waals surface area contributed by atoms with Crippen molar-refractivity contribution in [1.29, 1.82) is 0 Å². The lowest BCUT2D eigenvalue weighted by molar-refractivity contribution is -0.113. The predicted octanol–water partition coefficient (Wildman–Crippen LogP) is 6.46. The standard InChI is InChI=1S/C25H28ClN5OS/c1-15(2)13-21-22(23(32)28-20-11-9-19(26)10-12-20)17(4)27-24-29-25(30-31(21)24)33-14-18-8-6-5-7-16(18)3/h5-12,15,21H,13-14H2,1-4H3,(H,28,32)(H,27,29,30)/t21-/m0/s1. The van der Waals surface area contributed by atoms with Crippen molar-refractivity contribution in [3.05, 3.63) is 76.0 Å². The highest BCUT2D eigenvalue weighted by atomic mass is 35.5. The van der Waals surface area contributed by atoms with E-state index in [0.29, 0.717) is 33.3 Å². The number of hydrogen-bond acceptors (Lipinski definition) is 5. The molecule has 0 radical (unpaired) electrons. The Morgan fingerprint density at radius 3 is 2.61 bits per heavy atom. The highest BCUT2D eigenvalue weighted by Gasteiger charge is 2.33. The summed E-state index contributed by atoms with van der Waals surface area (Å²) in [4.78, 5) is 18.0. The van der Waals surface area contributed by atoms with Crippen LogP contribution in [0.25, 0.3) is 0 Å². The van der Waals surface area contributed by atoms with E-state index in [1.54, 1.807) is 36.0 Å². The van der Waals surface area contributed by atoms with Gasteiger partial charge in [-0.15, -0.1) is 5.10 Å². The fourth-order valence-electron chi connectivity index (χ4n) is 3.91. The molecular formula is C25H28ClN5OS. The van der Waals surface area contributed by atoms with Gasteiger partial charge in [-0.2, -0.15) is 4.98 Å². The minimum atomic E-state index is -0.200. The van der Waals surface area contributed by atoms with E-state index in [2.05, 4.69) is 43.5 Å². The fourth-order valence-corrected chi connectivity index (χ4v) is 4.94. The SMILES string of the molecule is CC1=C(C(=O)Nc2ccc(Cl)cc2)[C@H](CC(C)C)n2nc(SCc3ccccc3C)nc2N1. The number of aryl methyl sites for hydroxylation is 1. The summed E-state index contributed by atoms with van der Waals surface area (Å²) < 4.78 is 1.87. The number of benzene rings is 2. The second-order valence-electron chi connectivity index (χ2n) is 8.65. The van der Waals surface area contributed by atoms with Crippen molar-refractivity contribution in [2.24, 2.45) is 5.92 Å². The molecule has 2 heterocycles. The van der Waals surface area contributed by atoms with Gasteiger partial charge in [-0.1, -0.05) is 61.5 Å². The van der Waals surface area contributed by atoms with Crippen LogP contribution in [0.15, 0.2) is 65.0 Å². The third-order valence-electron chi connectivity index (χ3n) is 5.60. The van der Waals surface area contributed by atoms with Crippen molar-refractivity contribution >= 4 is 40.9 Å². The maximum Gasteiger partial charge on any atom is 0.255 e. The molecule has 1 aromatic heterocycles. The van der Waals surface area contributed by atoms with Crippen LogP contribution in [0.3, 0.4) is 0 Å². The number of halogens is 1. The molecule has 1 aliphatic rings. The molecule has 172 valence electrons. The molecule has 1 aliphatic heterocycles. The van der Waals surface area contributed by atoms with Crippen molar-refractivity contribution in [1.82, 2.24) is 14.8 Å². The van der Waals surface area contributed by atoms with E-state index in [4.69, 9.17) is 21.7 Å². The van der Waals surface area contributed by atoms with Crippen molar-refractivity contribution in [2.45, 2.75) is 51.1 Å². The highest BCUT2D eigenvalue weighted by Crippen LogP contribution is 2.36. The Labute approximate surface area is 203 Å². The van der Waals surface area contributed by atoms with Gasteiger partial charge in [0.1, 0.15) is 0 Å². The Balaban J connectivity index is 1.58. The lowest BCUT2D eigenvalue weighted by Gasteiger charge is -2.29. The van der Waals surface area contributed by atoms with E-state index in [1.165, 1.54) is 11.1 Å². The van der Waals surface area contributed by atoms with Gasteiger partial charge in [0.25, 0.3) is 5.91 Å². The molecule has 3 aromatic rings. The van der Waals surface area contributed by atoms with Crippen LogP contribution in [0.2, 0.25) is 5.02 Å². The predicted molar refractivity (Wildman–Crippen MR) is 136 cm³/mol. The van der Waals surface area contributed by atoms with E-state index in [9.17, 15) is 4.79 Å². The molecule has 8 heteroatoms. The summed E-state index contributed by atoms with van der Waals surface area (Å²) >= 11 is 7.58. The number of carbonyl (C=O) groups excluding carboxylic acids is 1. The molecule has 2 aromatic carbocycles. The van der Waals surface area contributed by atoms with Gasteiger partial charge in [0.05, 0.1) is 11.6 Å². The molecule has 4 rings (SSSR count). The molecule has 0 spiro atoms. The quantitative estimate of drug-likeness (QED) is 0.379. The van der Waals surface area contributed by atoms with Gasteiger partial charge >= 0.3 is 0 Å². The number of aromatic nitrogens is 3. The Hall–Kier alpha value is -2.77. The summed E-state index contributed by atoms with van der Waals surface area (Å²) in [6.45, 7) is 8.33. The maximum atomic E-state index is 13.3. The second-order valence-corrected chi connectivity index (χ2v) is 10.0. The smallest absolute Gasteiger partial charge is 0.255 e. The minimum absolute atomic E-state index is 0.150. The molecule has 0 bridgehead atoms. The summed E-state index contributed by atoms with van der Waals surface area (Å²) in [6.07, 6.45) is 0.778. The zero-order valence-corrected chi connectivity index (χ0v) is 20.8. The first kappa shape index (κ1) is 23.4. The summed E-state index contributed by atoms with van der Waals surface area (Å²) in [5.74, 6) is 1.69. The van der Waals surface area contributed by atoms with E-state index >= 15 is 0 Å². The van der Waals surface area contributed by atoms with Crippen molar-refractivity contribution in [3.8, 4) is 0 Å². The summed E-state index contributed by atoms with van der Waals surface area (Å²) in [7, 11) is 0. The zero-order chi connectivity index (χ0) is 23.5. The number of carbonyl (C=O) groups is 1. The van der Waals surface area contributed by atoms with Crippen LogP contribution in [0.4, 0.5) is 11.6 Å². The molecule has 0 saturated carbocycles. The van der Waals surface area contributed by atoms with Crippen LogP contribution in [-0.4, -0.2) is 20.7 Å². The molecule has 2 N–H and O–H groups in total. The van der Waals surface area contributed by atoms with Crippen LogP contribution in [0.5, 0.6) is 0 Å². The van der Waals surface area contributed by atoms with Gasteiger partial charge in [0.2, 0.25) is 11.1 Å². The monoisotopic (exact) mass is 481 g/mol. The lowest BCUT2D eigenvalue weighted by atomic mass is 9.94. The van der Waals surface area contributed by atoms with Crippen molar-refractivity contribution in [3.63, 3.8) is 0 Å². The number of allylic oxidation sites excluding steroid dienone is 1. The fraction of sp³-hybridized carbons (Fsp3) is 0.320. The topological polar surface area (TPSA) is 71.8 Å². The van der Waals surface area contributed by atoms with Crippen LogP contribution < -0.4 is 10.6 Å². The average Bonchev–Trinajstić information content (AvgIpc) is 3.17. The number of thioether (sulfide) groups is 1. The van der Waals surface area contributed by atoms with Gasteiger partial charge in [-0.25, -0.2) is 4.68 Å². The number of nitrogens with one attached hydrogen (secondary N) is 2. The number of anilines is 2. The number of rotatable bonds is 7. The molecule has 1 amide bonds. The van der Waals surface area contributed by atoms with Gasteiger partial charge in [-0.3, -0.25) is 4.79 Å². The van der Waals surface area contributed by atoms with Gasteiger partial charge < -0.3 is 10.6 Å². The Kier molecular flexibility index (Phi) is 7.10. The van der Waals surface area contributed by atoms with E-state index in [1.807, 2.05) is 23.7 Å². The first-order chi connectivity index (χ1) is 15.8. The second kappa shape index (κ2) is 10.0. The summed E-state index contributed by atoms with van der Waals surface area (Å²) in [6, 6.07) is 15.2. The first-order valence-corrected chi connectivity index (χ1v) is 12.4. The van der Waals surface area contributed by atoms with Gasteiger partial charge in [0, 0.05) is 22.2 Å². The van der Waals surface area contributed by atoms with Crippen molar-refractivity contribution < 1.29 is 4.79 Å². The minimum Gasteiger partial charge on any atom is -0.328 e. The zero-order valence-electron chi connectivity index (χ0n) is 19.2. The third-order valence-corrected chi connectivity index (χ3v) is 6.74. The molecule has 0 unspecified atom stereocenters. The Morgan fingerprint density at radius 1 is 1.18 bits per heavy atom. The largest absolute Gasteiger partial charge is 0.328 e. The first-order valence-electron chi connectivity index (χ1n) is 11.0. The molecule has 6 nitrogen and oxygen atoms in total. The molecule has 33 heavy (non-hydrogen) atoms. The van der Waals surface area contributed by atoms with Gasteiger partial charge in [-0.05, 0) is 61.6 Å². The van der Waals surface area contributed by atoms with Crippen LogP contribution in [0.1, 0.15) is 44.4 Å². The highest BCUT2D eigenvalue weighted by molar-refractivity contribution is 7.98. The molecule has 1 atom stereocenters. The van der Waals surface area contributed by atoms with Crippen LogP contribution >= 0.6 is 23.4 Å². The third kappa shape index (κ3) is 5.42. The Morgan fingerprint density at radius 2 is 1.91 bits per heavy atom. The summed E-state index contributed by atoms with van der Waals surface area (Å²) in [5.41, 5.74) is 4.68. The van der Waals surface area contributed by atoms with E-state index in [0.717, 1.165) is 17.9 Å². The number of amides is 1. The number of fused-ring (bicyclic) bond motifs is 1. The van der Waals surface area contributed by atoms with E-state index < -0.39 is 0 Å². The lowest BCUT2D eigenvalue weighted by Crippen LogP contribution is -2.31. The number of hydrogen-bond donors (Lipinski definition) is 2. The molecule has 0 aliphatic carbocycles. The van der Waals surface area contributed by atoms with Crippen molar-refractivity contribution in [2.75, 3.05) is 10.6 Å². The number of nitrogens with zero attached hydrogens (tertiary/aromatic N) is 3. The normalized spacial score (nSPS) is 15.4. The van der Waals surface area contributed by atoms with Crippen LogP contribution in [0, 0.1) is 12.8 Å². The Bertz CT molecular complexity index is 1190. The maximum absolute atomic E-state index is 13.3.